The number of thioether (sulfide) groups is 1. The summed E-state index contributed by atoms with van der Waals surface area (Å²) < 4.78 is 30.1. The number of rotatable bonds is 7. The predicted molar refractivity (Wildman–Crippen MR) is 143 cm³/mol. The first-order valence-electron chi connectivity index (χ1n) is 11.2. The molecule has 0 N–H and O–H groups in total. The van der Waals surface area contributed by atoms with E-state index < -0.39 is 20.9 Å². The number of non-ortho nitro benzene ring substituents is 1. The number of nitrogens with zero attached hydrogens (tertiary/aromatic N) is 2. The van der Waals surface area contributed by atoms with Crippen LogP contribution < -0.4 is 4.18 Å². The number of hydrogen-bond donors (Lipinski definition) is 0. The molecule has 38 heavy (non-hydrogen) atoms. The Hall–Kier alpha value is -4.48. The van der Waals surface area contributed by atoms with Crippen LogP contribution in [0.25, 0.3) is 16.8 Å². The number of amides is 2. The Morgan fingerprint density at radius 2 is 1.58 bits per heavy atom. The highest BCUT2D eigenvalue weighted by atomic mass is 32.2. The van der Waals surface area contributed by atoms with Gasteiger partial charge in [0.05, 0.1) is 16.4 Å². The van der Waals surface area contributed by atoms with Crippen LogP contribution >= 0.6 is 11.8 Å². The molecule has 9 nitrogen and oxygen atoms in total. The fraction of sp³-hybridized carbons (Fsp3) is 0.0370. The molecule has 1 aliphatic heterocycles. The molecule has 0 bridgehead atoms. The summed E-state index contributed by atoms with van der Waals surface area (Å²) in [7, 11) is -4.21. The first kappa shape index (κ1) is 25.2. The maximum absolute atomic E-state index is 12.9. The first-order chi connectivity index (χ1) is 18.2. The molecule has 0 unspecified atom stereocenters. The largest absolute Gasteiger partial charge is 0.379 e. The lowest BCUT2D eigenvalue weighted by molar-refractivity contribution is -0.384. The van der Waals surface area contributed by atoms with E-state index in [9.17, 15) is 28.1 Å². The van der Waals surface area contributed by atoms with Gasteiger partial charge in [0.15, 0.2) is 0 Å². The Morgan fingerprint density at radius 1 is 0.895 bits per heavy atom. The zero-order valence-corrected chi connectivity index (χ0v) is 21.1. The number of fused-ring (bicyclic) bond motifs is 1. The van der Waals surface area contributed by atoms with Crippen LogP contribution in [0.5, 0.6) is 5.75 Å². The van der Waals surface area contributed by atoms with E-state index in [-0.39, 0.29) is 33.0 Å². The van der Waals surface area contributed by atoms with E-state index in [1.54, 1.807) is 18.2 Å². The summed E-state index contributed by atoms with van der Waals surface area (Å²) in [6.45, 7) is 0.153. The summed E-state index contributed by atoms with van der Waals surface area (Å²) in [5, 5.41) is 12.5. The maximum Gasteiger partial charge on any atom is 0.339 e. The zero-order chi connectivity index (χ0) is 26.9. The fourth-order valence-corrected chi connectivity index (χ4v) is 5.60. The highest BCUT2D eigenvalue weighted by Gasteiger charge is 2.35. The average Bonchev–Trinajstić information content (AvgIpc) is 3.17. The van der Waals surface area contributed by atoms with Gasteiger partial charge >= 0.3 is 10.1 Å². The highest BCUT2D eigenvalue weighted by Crippen LogP contribution is 2.34. The van der Waals surface area contributed by atoms with Crippen molar-refractivity contribution >= 4 is 55.6 Å². The Bertz CT molecular complexity index is 1710. The van der Waals surface area contributed by atoms with Gasteiger partial charge in [0.25, 0.3) is 16.8 Å². The number of carbonyl (C=O) groups is 2. The number of hydrogen-bond acceptors (Lipinski definition) is 8. The number of carbonyl (C=O) groups excluding carboxylic acids is 2. The van der Waals surface area contributed by atoms with E-state index in [0.29, 0.717) is 5.56 Å². The molecule has 5 rings (SSSR count). The van der Waals surface area contributed by atoms with Gasteiger partial charge in [-0.15, -0.1) is 0 Å². The second-order valence-electron chi connectivity index (χ2n) is 8.31. The summed E-state index contributed by atoms with van der Waals surface area (Å²) in [6.07, 6.45) is 1.56. The second-order valence-corrected chi connectivity index (χ2v) is 10.8. The van der Waals surface area contributed by atoms with E-state index in [1.807, 2.05) is 42.5 Å². The van der Waals surface area contributed by atoms with Crippen molar-refractivity contribution in [3.63, 3.8) is 0 Å². The van der Waals surface area contributed by atoms with Gasteiger partial charge in [-0.25, -0.2) is 0 Å². The number of nitro benzene ring substituents is 1. The number of benzene rings is 4. The molecule has 0 spiro atoms. The third-order valence-electron chi connectivity index (χ3n) is 5.75. The Labute approximate surface area is 221 Å². The van der Waals surface area contributed by atoms with Crippen LogP contribution in [0.4, 0.5) is 10.5 Å². The first-order valence-corrected chi connectivity index (χ1v) is 13.4. The predicted octanol–water partition coefficient (Wildman–Crippen LogP) is 5.75. The smallest absolute Gasteiger partial charge is 0.339 e. The lowest BCUT2D eigenvalue weighted by Gasteiger charge is -2.13. The summed E-state index contributed by atoms with van der Waals surface area (Å²) in [5.41, 5.74) is 1.17. The normalized spacial score (nSPS) is 14.8. The van der Waals surface area contributed by atoms with E-state index in [2.05, 4.69) is 0 Å². The molecule has 2 amide bonds. The monoisotopic (exact) mass is 546 g/mol. The molecule has 0 radical (unpaired) electrons. The minimum absolute atomic E-state index is 0.0184. The van der Waals surface area contributed by atoms with Crippen molar-refractivity contribution in [1.29, 1.82) is 0 Å². The van der Waals surface area contributed by atoms with Crippen LogP contribution in [-0.4, -0.2) is 29.4 Å². The third kappa shape index (κ3) is 5.29. The molecule has 11 heteroatoms. The molecule has 4 aromatic rings. The molecule has 4 aromatic carbocycles. The minimum Gasteiger partial charge on any atom is -0.379 e. The fourth-order valence-electron chi connectivity index (χ4n) is 3.84. The molecule has 1 aliphatic rings. The molecule has 1 saturated heterocycles. The Balaban J connectivity index is 1.28. The van der Waals surface area contributed by atoms with Gasteiger partial charge in [-0.05, 0) is 70.1 Å². The summed E-state index contributed by atoms with van der Waals surface area (Å²) in [6, 6.07) is 23.9. The van der Waals surface area contributed by atoms with Gasteiger partial charge in [0, 0.05) is 12.1 Å². The lowest BCUT2D eigenvalue weighted by atomic mass is 10.1. The zero-order valence-electron chi connectivity index (χ0n) is 19.5. The molecule has 0 saturated carbocycles. The van der Waals surface area contributed by atoms with Crippen molar-refractivity contribution in [2.45, 2.75) is 11.4 Å². The highest BCUT2D eigenvalue weighted by molar-refractivity contribution is 8.18. The van der Waals surface area contributed by atoms with Crippen LogP contribution in [0.15, 0.2) is 101 Å². The van der Waals surface area contributed by atoms with Gasteiger partial charge in [-0.1, -0.05) is 48.5 Å². The van der Waals surface area contributed by atoms with Gasteiger partial charge in [-0.3, -0.25) is 24.6 Å². The molecule has 1 heterocycles. The molecular formula is C27H18N2O7S2. The minimum atomic E-state index is -4.21. The van der Waals surface area contributed by atoms with Crippen molar-refractivity contribution in [3.8, 4) is 5.75 Å². The molecular weight excluding hydrogens is 528 g/mol. The SMILES string of the molecule is O=C1S/C(=C\c2ccc(OS(=O)(=O)c3ccc([N+](=O)[O-])cc3)cc2)C(=O)N1Cc1ccc2ccccc2c1. The number of imide groups is 1. The van der Waals surface area contributed by atoms with E-state index in [1.165, 1.54) is 17.0 Å². The van der Waals surface area contributed by atoms with Crippen LogP contribution in [0.2, 0.25) is 0 Å². The topological polar surface area (TPSA) is 124 Å². The summed E-state index contributed by atoms with van der Waals surface area (Å²) in [4.78, 5) is 36.8. The van der Waals surface area contributed by atoms with Crippen molar-refractivity contribution in [3.05, 3.63) is 117 Å². The van der Waals surface area contributed by atoms with Crippen LogP contribution in [-0.2, 0) is 21.5 Å². The van der Waals surface area contributed by atoms with E-state index >= 15 is 0 Å². The van der Waals surface area contributed by atoms with Crippen molar-refractivity contribution in [2.75, 3.05) is 0 Å². The van der Waals surface area contributed by atoms with Crippen LogP contribution in [0, 0.1) is 10.1 Å². The van der Waals surface area contributed by atoms with Crippen molar-refractivity contribution in [2.24, 2.45) is 0 Å². The standard InChI is InChI=1S/C27H18N2O7S2/c30-26-25(37-27(31)28(26)17-19-5-8-20-3-1-2-4-21(20)15-19)16-18-6-11-23(12-7-18)36-38(34,35)24-13-9-22(10-14-24)29(32)33/h1-16H,17H2/b25-16-. The number of nitro groups is 1. The summed E-state index contributed by atoms with van der Waals surface area (Å²) in [5.74, 6) is -0.390. The molecule has 0 aliphatic carbocycles. The van der Waals surface area contributed by atoms with Gasteiger partial charge in [0.2, 0.25) is 0 Å². The average molecular weight is 547 g/mol. The molecule has 190 valence electrons. The maximum atomic E-state index is 12.9. The Kier molecular flexibility index (Phi) is 6.70. The quantitative estimate of drug-likeness (QED) is 0.124. The van der Waals surface area contributed by atoms with Gasteiger partial charge in [0.1, 0.15) is 10.6 Å². The second kappa shape index (κ2) is 10.1. The Morgan fingerprint density at radius 3 is 2.26 bits per heavy atom. The van der Waals surface area contributed by atoms with E-state index in [4.69, 9.17) is 4.18 Å². The lowest BCUT2D eigenvalue weighted by Crippen LogP contribution is -2.27. The van der Waals surface area contributed by atoms with Crippen LogP contribution in [0.1, 0.15) is 11.1 Å². The third-order valence-corrected chi connectivity index (χ3v) is 7.92. The van der Waals surface area contributed by atoms with E-state index in [0.717, 1.165) is 52.4 Å². The van der Waals surface area contributed by atoms with Crippen molar-refractivity contribution < 1.29 is 27.1 Å². The van der Waals surface area contributed by atoms with Gasteiger partial charge < -0.3 is 4.18 Å². The molecule has 1 fully saturated rings. The molecule has 0 aromatic heterocycles. The van der Waals surface area contributed by atoms with Crippen molar-refractivity contribution in [1.82, 2.24) is 4.90 Å². The molecule has 0 atom stereocenters. The van der Waals surface area contributed by atoms with Gasteiger partial charge in [-0.2, -0.15) is 8.42 Å². The summed E-state index contributed by atoms with van der Waals surface area (Å²) >= 11 is 0.838. The van der Waals surface area contributed by atoms with Crippen LogP contribution in [0.3, 0.4) is 0 Å².